The lowest BCUT2D eigenvalue weighted by Crippen LogP contribution is -2.38. The molecular formula is C19H24N2O3S. The lowest BCUT2D eigenvalue weighted by Gasteiger charge is -2.31. The first-order valence-corrected chi connectivity index (χ1v) is 9.29. The van der Waals surface area contributed by atoms with E-state index in [0.717, 1.165) is 16.9 Å². The summed E-state index contributed by atoms with van der Waals surface area (Å²) in [6, 6.07) is 6.27. The van der Waals surface area contributed by atoms with Crippen LogP contribution in [0.3, 0.4) is 0 Å². The number of ether oxygens (including phenoxy) is 2. The average molecular weight is 360 g/mol. The molecule has 0 saturated carbocycles. The number of benzene rings is 1. The molecule has 0 fully saturated rings. The Hall–Kier alpha value is -1.92. The van der Waals surface area contributed by atoms with E-state index in [1.54, 1.807) is 23.3 Å². The summed E-state index contributed by atoms with van der Waals surface area (Å²) in [5.41, 5.74) is 5.00. The Kier molecular flexibility index (Phi) is 5.11. The van der Waals surface area contributed by atoms with Gasteiger partial charge in [0.15, 0.2) is 0 Å². The highest BCUT2D eigenvalue weighted by molar-refractivity contribution is 7.13. The molecule has 1 aliphatic rings. The molecule has 2 heterocycles. The van der Waals surface area contributed by atoms with E-state index >= 15 is 0 Å². The number of carbonyl (C=O) groups is 1. The molecule has 6 heteroatoms. The molecule has 0 aliphatic carbocycles. The summed E-state index contributed by atoms with van der Waals surface area (Å²) in [6.45, 7) is 6.72. The quantitative estimate of drug-likeness (QED) is 0.819. The molecule has 0 spiro atoms. The van der Waals surface area contributed by atoms with Gasteiger partial charge in [-0.3, -0.25) is 4.98 Å². The van der Waals surface area contributed by atoms with Crippen LogP contribution in [0.1, 0.15) is 38.0 Å². The van der Waals surface area contributed by atoms with Crippen LogP contribution >= 0.6 is 11.3 Å². The Morgan fingerprint density at radius 1 is 1.44 bits per heavy atom. The second kappa shape index (κ2) is 7.14. The van der Waals surface area contributed by atoms with Crippen molar-refractivity contribution in [3.63, 3.8) is 0 Å². The smallest absolute Gasteiger partial charge is 0.410 e. The van der Waals surface area contributed by atoms with E-state index in [4.69, 9.17) is 9.47 Å². The van der Waals surface area contributed by atoms with Crippen LogP contribution in [-0.4, -0.2) is 41.8 Å². The van der Waals surface area contributed by atoms with Crippen LogP contribution in [0.15, 0.2) is 29.9 Å². The SMILES string of the molecule is CN(C[C@@H]1OCCc2c(-c3cncs3)cccc21)C(=O)OC(C)(C)C. The molecule has 5 nitrogen and oxygen atoms in total. The Bertz CT molecular complexity index is 738. The minimum Gasteiger partial charge on any atom is -0.444 e. The number of hydrogen-bond acceptors (Lipinski definition) is 5. The molecule has 0 saturated heterocycles. The molecular weight excluding hydrogens is 336 g/mol. The Labute approximate surface area is 152 Å². The molecule has 3 rings (SSSR count). The van der Waals surface area contributed by atoms with Gasteiger partial charge in [-0.2, -0.15) is 0 Å². The van der Waals surface area contributed by atoms with Crippen molar-refractivity contribution in [3.8, 4) is 10.4 Å². The van der Waals surface area contributed by atoms with Crippen LogP contribution < -0.4 is 0 Å². The van der Waals surface area contributed by atoms with Gasteiger partial charge < -0.3 is 14.4 Å². The largest absolute Gasteiger partial charge is 0.444 e. The van der Waals surface area contributed by atoms with Crippen molar-refractivity contribution < 1.29 is 14.3 Å². The number of amides is 1. The number of thiazole rings is 1. The monoisotopic (exact) mass is 360 g/mol. The molecule has 134 valence electrons. The van der Waals surface area contributed by atoms with Crippen molar-refractivity contribution in [1.29, 1.82) is 0 Å². The van der Waals surface area contributed by atoms with Gasteiger partial charge in [-0.1, -0.05) is 18.2 Å². The maximum atomic E-state index is 12.2. The van der Waals surface area contributed by atoms with E-state index < -0.39 is 5.60 Å². The predicted octanol–water partition coefficient (Wildman–Crippen LogP) is 4.29. The highest BCUT2D eigenvalue weighted by Gasteiger charge is 2.27. The van der Waals surface area contributed by atoms with Crippen molar-refractivity contribution in [2.45, 2.75) is 38.9 Å². The minimum absolute atomic E-state index is 0.144. The second-order valence-corrected chi connectivity index (χ2v) is 8.10. The van der Waals surface area contributed by atoms with Gasteiger partial charge in [-0.15, -0.1) is 11.3 Å². The lowest BCUT2D eigenvalue weighted by atomic mass is 9.92. The summed E-state index contributed by atoms with van der Waals surface area (Å²) < 4.78 is 11.4. The van der Waals surface area contributed by atoms with Crippen molar-refractivity contribution >= 4 is 17.4 Å². The van der Waals surface area contributed by atoms with Crippen LogP contribution in [0.25, 0.3) is 10.4 Å². The summed E-state index contributed by atoms with van der Waals surface area (Å²) in [4.78, 5) is 19.2. The van der Waals surface area contributed by atoms with Crippen LogP contribution in [-0.2, 0) is 15.9 Å². The third-order valence-corrected chi connectivity index (χ3v) is 4.88. The average Bonchev–Trinajstić information content (AvgIpc) is 3.07. The van der Waals surface area contributed by atoms with Crippen LogP contribution in [0, 0.1) is 0 Å². The zero-order chi connectivity index (χ0) is 18.0. The molecule has 0 bridgehead atoms. The maximum absolute atomic E-state index is 12.2. The molecule has 1 aromatic carbocycles. The molecule has 1 amide bonds. The number of rotatable bonds is 3. The van der Waals surface area contributed by atoms with Gasteiger partial charge in [0.25, 0.3) is 0 Å². The van der Waals surface area contributed by atoms with E-state index in [2.05, 4.69) is 17.1 Å². The Balaban J connectivity index is 1.80. The number of hydrogen-bond donors (Lipinski definition) is 0. The summed E-state index contributed by atoms with van der Waals surface area (Å²) in [5.74, 6) is 0. The molecule has 0 unspecified atom stereocenters. The van der Waals surface area contributed by atoms with Gasteiger partial charge in [0.1, 0.15) is 11.7 Å². The lowest BCUT2D eigenvalue weighted by molar-refractivity contribution is -0.00157. The summed E-state index contributed by atoms with van der Waals surface area (Å²) in [5, 5.41) is 0. The topological polar surface area (TPSA) is 51.7 Å². The Morgan fingerprint density at radius 2 is 2.24 bits per heavy atom. The third-order valence-electron chi connectivity index (χ3n) is 4.07. The van der Waals surface area contributed by atoms with Crippen molar-refractivity contribution in [1.82, 2.24) is 9.88 Å². The van der Waals surface area contributed by atoms with Crippen molar-refractivity contribution in [3.05, 3.63) is 41.0 Å². The molecule has 1 aliphatic heterocycles. The zero-order valence-corrected chi connectivity index (χ0v) is 15.9. The van der Waals surface area contributed by atoms with Crippen molar-refractivity contribution in [2.24, 2.45) is 0 Å². The minimum atomic E-state index is -0.504. The summed E-state index contributed by atoms with van der Waals surface area (Å²) in [7, 11) is 1.75. The predicted molar refractivity (Wildman–Crippen MR) is 98.8 cm³/mol. The maximum Gasteiger partial charge on any atom is 0.410 e. The zero-order valence-electron chi connectivity index (χ0n) is 15.1. The number of likely N-dealkylation sites (N-methyl/N-ethyl adjacent to an activating group) is 1. The first kappa shape index (κ1) is 17.9. The van der Waals surface area contributed by atoms with E-state index in [9.17, 15) is 4.79 Å². The second-order valence-electron chi connectivity index (χ2n) is 7.21. The third kappa shape index (κ3) is 4.19. The first-order chi connectivity index (χ1) is 11.8. The Morgan fingerprint density at radius 3 is 2.92 bits per heavy atom. The van der Waals surface area contributed by atoms with Crippen molar-refractivity contribution in [2.75, 3.05) is 20.2 Å². The number of nitrogens with zero attached hydrogens (tertiary/aromatic N) is 2. The summed E-state index contributed by atoms with van der Waals surface area (Å²) in [6.07, 6.45) is 2.30. The molecule has 1 atom stereocenters. The fourth-order valence-electron chi connectivity index (χ4n) is 2.97. The molecule has 0 N–H and O–H groups in total. The van der Waals surface area contributed by atoms with Gasteiger partial charge in [0, 0.05) is 13.2 Å². The fourth-order valence-corrected chi connectivity index (χ4v) is 3.65. The van der Waals surface area contributed by atoms with Crippen LogP contribution in [0.2, 0.25) is 0 Å². The standard InChI is InChI=1S/C19H24N2O3S/c1-19(2,3)24-18(22)21(4)11-16-14-6-5-7-15(13(14)8-9-23-16)17-10-20-12-25-17/h5-7,10,12,16H,8-9,11H2,1-4H3/t16-/m0/s1. The fraction of sp³-hybridized carbons (Fsp3) is 0.474. The van der Waals surface area contributed by atoms with E-state index in [1.807, 2.05) is 38.5 Å². The summed E-state index contributed by atoms with van der Waals surface area (Å²) >= 11 is 1.64. The van der Waals surface area contributed by atoms with Gasteiger partial charge in [-0.05, 0) is 43.9 Å². The number of fused-ring (bicyclic) bond motifs is 1. The first-order valence-electron chi connectivity index (χ1n) is 8.41. The van der Waals surface area contributed by atoms with Gasteiger partial charge in [0.2, 0.25) is 0 Å². The van der Waals surface area contributed by atoms with E-state index in [1.165, 1.54) is 11.1 Å². The number of carbonyl (C=O) groups excluding carboxylic acids is 1. The van der Waals surface area contributed by atoms with E-state index in [0.29, 0.717) is 13.2 Å². The van der Waals surface area contributed by atoms with Gasteiger partial charge in [-0.25, -0.2) is 4.79 Å². The highest BCUT2D eigenvalue weighted by Crippen LogP contribution is 2.36. The number of aromatic nitrogens is 1. The van der Waals surface area contributed by atoms with Gasteiger partial charge in [0.05, 0.1) is 23.5 Å². The molecule has 0 radical (unpaired) electrons. The molecule has 25 heavy (non-hydrogen) atoms. The molecule has 1 aromatic heterocycles. The van der Waals surface area contributed by atoms with E-state index in [-0.39, 0.29) is 12.2 Å². The molecule has 2 aromatic rings. The van der Waals surface area contributed by atoms with Crippen LogP contribution in [0.4, 0.5) is 4.79 Å². The van der Waals surface area contributed by atoms with Crippen LogP contribution in [0.5, 0.6) is 0 Å². The normalized spacial score (nSPS) is 17.0. The highest BCUT2D eigenvalue weighted by atomic mass is 32.1. The van der Waals surface area contributed by atoms with Gasteiger partial charge >= 0.3 is 6.09 Å².